The van der Waals surface area contributed by atoms with E-state index in [0.717, 1.165) is 18.9 Å². The predicted octanol–water partition coefficient (Wildman–Crippen LogP) is 4.49. The molecule has 3 heterocycles. The Morgan fingerprint density at radius 1 is 1.27 bits per heavy atom. The number of benzene rings is 2. The van der Waals surface area contributed by atoms with Crippen molar-refractivity contribution in [3.05, 3.63) is 70.3 Å². The summed E-state index contributed by atoms with van der Waals surface area (Å²) in [4.78, 5) is 30.7. The Morgan fingerprint density at radius 2 is 2.02 bits per heavy atom. The van der Waals surface area contributed by atoms with Gasteiger partial charge in [-0.3, -0.25) is 14.3 Å². The monoisotopic (exact) mass is 637 g/mol. The zero-order valence-electron chi connectivity index (χ0n) is 24.5. The minimum absolute atomic E-state index is 0.00843. The number of rotatable bonds is 9. The van der Waals surface area contributed by atoms with Crippen molar-refractivity contribution in [2.24, 2.45) is 5.73 Å². The lowest BCUT2D eigenvalue weighted by Gasteiger charge is -2.33. The van der Waals surface area contributed by atoms with Crippen molar-refractivity contribution in [3.8, 4) is 22.8 Å². The van der Waals surface area contributed by atoms with Crippen LogP contribution in [0.3, 0.4) is 0 Å². The highest BCUT2D eigenvalue weighted by Crippen LogP contribution is 2.55. The number of alkyl halides is 1. The molecule has 3 aliphatic rings. The summed E-state index contributed by atoms with van der Waals surface area (Å²) < 4.78 is 43.4. The van der Waals surface area contributed by atoms with Gasteiger partial charge in [0.15, 0.2) is 5.60 Å². The van der Waals surface area contributed by atoms with Crippen LogP contribution in [-0.2, 0) is 15.8 Å². The number of pyridine rings is 1. The lowest BCUT2D eigenvalue weighted by atomic mass is 9.80. The number of primary amides is 1. The summed E-state index contributed by atoms with van der Waals surface area (Å²) in [6.45, 7) is 0.881. The number of hydrogen-bond donors (Lipinski definition) is 3. The smallest absolute Gasteiger partial charge is 0.251 e. The van der Waals surface area contributed by atoms with Gasteiger partial charge in [0.1, 0.15) is 46.2 Å². The highest BCUT2D eigenvalue weighted by atomic mass is 35.5. The quantitative estimate of drug-likeness (QED) is 0.246. The van der Waals surface area contributed by atoms with Gasteiger partial charge in [-0.05, 0) is 69.0 Å². The molecule has 10 nitrogen and oxygen atoms in total. The number of nitrogens with one attached hydrogen (secondary N) is 1. The van der Waals surface area contributed by atoms with Gasteiger partial charge in [0.2, 0.25) is 5.91 Å². The average Bonchev–Trinajstić information content (AvgIpc) is 3.93. The van der Waals surface area contributed by atoms with Crippen LogP contribution in [0.5, 0.6) is 11.5 Å². The van der Waals surface area contributed by atoms with Gasteiger partial charge in [0, 0.05) is 28.3 Å². The molecule has 1 unspecified atom stereocenters. The number of fused-ring (bicyclic) bond motifs is 2. The lowest BCUT2D eigenvalue weighted by Crippen LogP contribution is -2.49. The van der Waals surface area contributed by atoms with Crippen LogP contribution >= 0.6 is 11.6 Å². The van der Waals surface area contributed by atoms with E-state index in [1.807, 2.05) is 10.9 Å². The molecule has 2 saturated carbocycles. The average molecular weight is 638 g/mol. The fourth-order valence-electron chi connectivity index (χ4n) is 5.91. The van der Waals surface area contributed by atoms with Crippen molar-refractivity contribution in [3.63, 3.8) is 0 Å². The van der Waals surface area contributed by atoms with Crippen LogP contribution in [0.15, 0.2) is 42.6 Å². The van der Waals surface area contributed by atoms with Crippen molar-refractivity contribution in [1.29, 1.82) is 0 Å². The fourth-order valence-corrected chi connectivity index (χ4v) is 6.17. The zero-order chi connectivity index (χ0) is 31.9. The third-order valence-corrected chi connectivity index (χ3v) is 9.47. The van der Waals surface area contributed by atoms with Crippen LogP contribution < -0.4 is 20.5 Å². The van der Waals surface area contributed by atoms with E-state index in [-0.39, 0.29) is 58.3 Å². The third-order valence-electron chi connectivity index (χ3n) is 9.16. The summed E-state index contributed by atoms with van der Waals surface area (Å²) >= 11 is 6.39. The molecule has 2 aromatic carbocycles. The standard InChI is InChI=1S/C32H30ClF2N5O5/c1-30(29(36)42)15-45-27-21(30)12-24(38-26(27)20-6-3-18(34)11-22(20)33)32(43,31(35)7-8-31)14-37-28(41)16-9-17-13-40(19-4-5-19)39-25(17)23(10-16)44-2/h3,6,9-13,19,43H,4-5,7-8,14-15H2,1-2H3,(H2,36,42)(H,37,41)/t30-,32?/m0/s1. The predicted molar refractivity (Wildman–Crippen MR) is 161 cm³/mol. The highest BCUT2D eigenvalue weighted by Gasteiger charge is 2.62. The lowest BCUT2D eigenvalue weighted by molar-refractivity contribution is -0.123. The molecule has 2 aromatic heterocycles. The number of carbonyl (C=O) groups is 2. The second-order valence-corrected chi connectivity index (χ2v) is 12.7. The van der Waals surface area contributed by atoms with Crippen LogP contribution in [-0.4, -0.2) is 57.6 Å². The van der Waals surface area contributed by atoms with E-state index >= 15 is 4.39 Å². The first-order valence-corrected chi connectivity index (χ1v) is 15.0. The molecule has 0 saturated heterocycles. The normalized spacial score (nSPS) is 21.1. The summed E-state index contributed by atoms with van der Waals surface area (Å²) in [6, 6.07) is 8.56. The zero-order valence-corrected chi connectivity index (χ0v) is 25.3. The van der Waals surface area contributed by atoms with Crippen molar-refractivity contribution in [2.45, 2.75) is 55.3 Å². The van der Waals surface area contributed by atoms with Gasteiger partial charge in [-0.1, -0.05) is 11.6 Å². The van der Waals surface area contributed by atoms with Crippen molar-refractivity contribution in [2.75, 3.05) is 20.3 Å². The van der Waals surface area contributed by atoms with Crippen LogP contribution in [0.4, 0.5) is 8.78 Å². The topological polar surface area (TPSA) is 142 Å². The summed E-state index contributed by atoms with van der Waals surface area (Å²) in [5.41, 5.74) is 1.24. The largest absolute Gasteiger partial charge is 0.494 e. The maximum atomic E-state index is 16.2. The molecule has 234 valence electrons. The summed E-state index contributed by atoms with van der Waals surface area (Å²) in [6.07, 6.45) is 3.94. The van der Waals surface area contributed by atoms with Gasteiger partial charge in [-0.2, -0.15) is 5.10 Å². The summed E-state index contributed by atoms with van der Waals surface area (Å²) in [5.74, 6) is -1.30. The molecule has 7 rings (SSSR count). The van der Waals surface area contributed by atoms with Gasteiger partial charge in [0.25, 0.3) is 5.91 Å². The molecule has 0 radical (unpaired) electrons. The Bertz CT molecular complexity index is 1910. The molecular formula is C32H30ClF2N5O5. The summed E-state index contributed by atoms with van der Waals surface area (Å²) in [5, 5.41) is 20.1. The van der Waals surface area contributed by atoms with Gasteiger partial charge in [-0.25, -0.2) is 13.8 Å². The molecule has 2 atom stereocenters. The molecule has 2 aliphatic carbocycles. The Morgan fingerprint density at radius 3 is 2.67 bits per heavy atom. The first-order valence-electron chi connectivity index (χ1n) is 14.6. The number of ether oxygens (including phenoxy) is 2. The molecule has 0 bridgehead atoms. The first-order chi connectivity index (χ1) is 21.4. The van der Waals surface area contributed by atoms with Gasteiger partial charge in [-0.15, -0.1) is 0 Å². The minimum atomic E-state index is -2.33. The van der Waals surface area contributed by atoms with Crippen molar-refractivity contribution in [1.82, 2.24) is 20.1 Å². The maximum Gasteiger partial charge on any atom is 0.251 e. The molecular weight excluding hydrogens is 608 g/mol. The Labute approximate surface area is 261 Å². The van der Waals surface area contributed by atoms with E-state index in [9.17, 15) is 19.1 Å². The van der Waals surface area contributed by atoms with Gasteiger partial charge < -0.3 is 25.6 Å². The number of nitrogens with two attached hydrogens (primary N) is 1. The van der Waals surface area contributed by atoms with E-state index in [4.69, 9.17) is 26.8 Å². The van der Waals surface area contributed by atoms with Crippen LogP contribution in [0, 0.1) is 5.82 Å². The number of hydrogen-bond acceptors (Lipinski definition) is 7. The van der Waals surface area contributed by atoms with E-state index in [1.54, 1.807) is 19.1 Å². The Hall–Kier alpha value is -4.29. The molecule has 4 aromatic rings. The Kier molecular flexibility index (Phi) is 6.61. The van der Waals surface area contributed by atoms with Gasteiger partial charge in [0.05, 0.1) is 30.4 Å². The Balaban J connectivity index is 1.29. The number of carbonyl (C=O) groups excluding carboxylic acids is 2. The van der Waals surface area contributed by atoms with Crippen LogP contribution in [0.1, 0.15) is 60.3 Å². The molecule has 2 amide bonds. The number of aliphatic hydroxyl groups is 1. The SMILES string of the molecule is COc1cc(C(=O)NCC(O)(c2cc3c(c(-c4ccc(F)cc4Cl)n2)OC[C@]3(C)C(N)=O)C2(F)CC2)cc2cn(C3CC3)nc12. The molecule has 0 spiro atoms. The van der Waals surface area contributed by atoms with Crippen LogP contribution in [0.2, 0.25) is 5.02 Å². The second kappa shape index (κ2) is 10.1. The van der Waals surface area contributed by atoms with E-state index in [0.29, 0.717) is 22.7 Å². The third kappa shape index (κ3) is 4.69. The first kappa shape index (κ1) is 29.4. The van der Waals surface area contributed by atoms with Crippen molar-refractivity contribution < 1.29 is 33.0 Å². The maximum absolute atomic E-state index is 16.2. The minimum Gasteiger partial charge on any atom is -0.494 e. The van der Waals surface area contributed by atoms with E-state index in [2.05, 4.69) is 15.4 Å². The fraction of sp³-hybridized carbons (Fsp3) is 0.375. The molecule has 4 N–H and O–H groups in total. The number of amides is 2. The van der Waals surface area contributed by atoms with Gasteiger partial charge >= 0.3 is 0 Å². The second-order valence-electron chi connectivity index (χ2n) is 12.3. The van der Waals surface area contributed by atoms with E-state index in [1.165, 1.54) is 25.3 Å². The summed E-state index contributed by atoms with van der Waals surface area (Å²) in [7, 11) is 1.49. The van der Waals surface area contributed by atoms with E-state index < -0.39 is 40.9 Å². The van der Waals surface area contributed by atoms with Crippen LogP contribution in [0.25, 0.3) is 22.2 Å². The number of methoxy groups -OCH3 is 1. The highest BCUT2D eigenvalue weighted by molar-refractivity contribution is 6.33. The number of halogens is 3. The number of aromatic nitrogens is 3. The molecule has 45 heavy (non-hydrogen) atoms. The molecule has 1 aliphatic heterocycles. The van der Waals surface area contributed by atoms with Crippen molar-refractivity contribution >= 4 is 34.3 Å². The molecule has 13 heteroatoms. The molecule has 2 fully saturated rings. The number of nitrogens with zero attached hydrogens (tertiary/aromatic N) is 3.